The van der Waals surface area contributed by atoms with Crippen molar-refractivity contribution < 1.29 is 14.9 Å². The lowest BCUT2D eigenvalue weighted by molar-refractivity contribution is -0.111. The highest BCUT2D eigenvalue weighted by Gasteiger charge is 2.44. The number of aromatic amines is 1. The molecule has 2 unspecified atom stereocenters. The van der Waals surface area contributed by atoms with E-state index in [1.165, 1.54) is 0 Å². The van der Waals surface area contributed by atoms with Crippen LogP contribution < -0.4 is 4.74 Å². The van der Waals surface area contributed by atoms with Crippen LogP contribution in [0.1, 0.15) is 31.1 Å². The van der Waals surface area contributed by atoms with Crippen LogP contribution in [0.15, 0.2) is 30.3 Å². The normalized spacial score (nSPS) is 23.5. The predicted molar refractivity (Wildman–Crippen MR) is 86.2 cm³/mol. The number of nitrogens with one attached hydrogen (secondary N) is 1. The van der Waals surface area contributed by atoms with Crippen molar-refractivity contribution in [3.8, 4) is 5.75 Å². The van der Waals surface area contributed by atoms with Gasteiger partial charge in [-0.2, -0.15) is 0 Å². The second-order valence-electron chi connectivity index (χ2n) is 6.62. The first kappa shape index (κ1) is 13.6. The van der Waals surface area contributed by atoms with Crippen LogP contribution in [-0.2, 0) is 0 Å². The molecule has 1 aliphatic rings. The van der Waals surface area contributed by atoms with E-state index < -0.39 is 17.8 Å². The molecule has 0 saturated heterocycles. The Morgan fingerprint density at radius 1 is 1.14 bits per heavy atom. The number of hydrogen-bond donors (Lipinski definition) is 3. The second kappa shape index (κ2) is 4.24. The molecular formula is C18H19NO3. The first-order valence-corrected chi connectivity index (χ1v) is 7.49. The van der Waals surface area contributed by atoms with Crippen LogP contribution in [0.5, 0.6) is 5.75 Å². The topological polar surface area (TPSA) is 65.5 Å². The highest BCUT2D eigenvalue weighted by Crippen LogP contribution is 2.46. The fourth-order valence-corrected chi connectivity index (χ4v) is 3.41. The van der Waals surface area contributed by atoms with E-state index in [-0.39, 0.29) is 0 Å². The third kappa shape index (κ3) is 1.65. The molecule has 0 saturated carbocycles. The summed E-state index contributed by atoms with van der Waals surface area (Å²) >= 11 is 0. The zero-order chi connectivity index (χ0) is 15.6. The Hall–Kier alpha value is -2.04. The maximum Gasteiger partial charge on any atom is 0.132 e. The van der Waals surface area contributed by atoms with E-state index in [9.17, 15) is 10.2 Å². The number of aliphatic hydroxyl groups is 2. The van der Waals surface area contributed by atoms with Crippen molar-refractivity contribution in [2.24, 2.45) is 0 Å². The first-order valence-electron chi connectivity index (χ1n) is 7.49. The number of aliphatic hydroxyl groups excluding tert-OH is 2. The fraction of sp³-hybridized carbons (Fsp3) is 0.333. The lowest BCUT2D eigenvalue weighted by atomic mass is 9.86. The second-order valence-corrected chi connectivity index (χ2v) is 6.62. The molecule has 114 valence electrons. The minimum atomic E-state index is -0.978. The number of aromatic nitrogens is 1. The van der Waals surface area contributed by atoms with E-state index in [1.807, 2.05) is 25.1 Å². The SMILES string of the molecule is Cc1cc2c([nH]c3ccccc32)c2c1OC(C)(C)C(O)C2O. The minimum Gasteiger partial charge on any atom is -0.484 e. The summed E-state index contributed by atoms with van der Waals surface area (Å²) in [6.07, 6.45) is -1.95. The number of fused-ring (bicyclic) bond motifs is 5. The number of H-pyrrole nitrogens is 1. The molecule has 0 fully saturated rings. The Balaban J connectivity index is 2.12. The lowest BCUT2D eigenvalue weighted by Gasteiger charge is -2.40. The van der Waals surface area contributed by atoms with E-state index in [0.29, 0.717) is 11.3 Å². The van der Waals surface area contributed by atoms with Gasteiger partial charge in [0.05, 0.1) is 5.52 Å². The van der Waals surface area contributed by atoms with Gasteiger partial charge < -0.3 is 19.9 Å². The molecule has 4 rings (SSSR count). The monoisotopic (exact) mass is 297 g/mol. The Kier molecular flexibility index (Phi) is 2.63. The van der Waals surface area contributed by atoms with Crippen molar-refractivity contribution in [1.82, 2.24) is 4.98 Å². The summed E-state index contributed by atoms with van der Waals surface area (Å²) in [5, 5.41) is 23.2. The summed E-state index contributed by atoms with van der Waals surface area (Å²) in [5.41, 5.74) is 2.64. The van der Waals surface area contributed by atoms with Crippen LogP contribution in [-0.4, -0.2) is 26.9 Å². The van der Waals surface area contributed by atoms with Crippen molar-refractivity contribution in [2.75, 3.05) is 0 Å². The highest BCUT2D eigenvalue weighted by atomic mass is 16.5. The Bertz CT molecular complexity index is 894. The fourth-order valence-electron chi connectivity index (χ4n) is 3.41. The van der Waals surface area contributed by atoms with Gasteiger partial charge >= 0.3 is 0 Å². The molecule has 4 heteroatoms. The van der Waals surface area contributed by atoms with Crippen LogP contribution >= 0.6 is 0 Å². The quantitative estimate of drug-likeness (QED) is 0.597. The lowest BCUT2D eigenvalue weighted by Crippen LogP contribution is -2.49. The largest absolute Gasteiger partial charge is 0.484 e. The van der Waals surface area contributed by atoms with Crippen LogP contribution in [0.4, 0.5) is 0 Å². The molecule has 0 amide bonds. The minimum absolute atomic E-state index is 0.651. The molecule has 2 atom stereocenters. The summed E-state index contributed by atoms with van der Waals surface area (Å²) in [7, 11) is 0. The van der Waals surface area contributed by atoms with E-state index in [4.69, 9.17) is 4.74 Å². The van der Waals surface area contributed by atoms with Gasteiger partial charge in [-0.15, -0.1) is 0 Å². The van der Waals surface area contributed by atoms with Crippen molar-refractivity contribution in [3.05, 3.63) is 41.5 Å². The summed E-state index contributed by atoms with van der Waals surface area (Å²) in [6, 6.07) is 10.1. The molecule has 1 aliphatic heterocycles. The molecule has 0 aliphatic carbocycles. The molecule has 22 heavy (non-hydrogen) atoms. The zero-order valence-electron chi connectivity index (χ0n) is 12.8. The Labute approximate surface area is 128 Å². The number of hydrogen-bond acceptors (Lipinski definition) is 3. The molecule has 4 nitrogen and oxygen atoms in total. The number of aryl methyl sites for hydroxylation is 1. The van der Waals surface area contributed by atoms with Crippen LogP contribution in [0.3, 0.4) is 0 Å². The number of rotatable bonds is 0. The summed E-state index contributed by atoms with van der Waals surface area (Å²) in [4.78, 5) is 3.36. The van der Waals surface area contributed by atoms with Crippen LogP contribution in [0.2, 0.25) is 0 Å². The van der Waals surface area contributed by atoms with Crippen LogP contribution in [0.25, 0.3) is 21.8 Å². The molecule has 2 heterocycles. The van der Waals surface area contributed by atoms with Gasteiger partial charge in [-0.25, -0.2) is 0 Å². The average molecular weight is 297 g/mol. The van der Waals surface area contributed by atoms with Crippen molar-refractivity contribution >= 4 is 21.8 Å². The predicted octanol–water partition coefficient (Wildman–Crippen LogP) is 3.19. The highest BCUT2D eigenvalue weighted by molar-refractivity contribution is 6.09. The van der Waals surface area contributed by atoms with Crippen molar-refractivity contribution in [2.45, 2.75) is 38.6 Å². The van der Waals surface area contributed by atoms with Crippen molar-refractivity contribution in [3.63, 3.8) is 0 Å². The molecule has 2 aromatic carbocycles. The molecular weight excluding hydrogens is 278 g/mol. The summed E-state index contributed by atoms with van der Waals surface area (Å²) in [5.74, 6) is 0.668. The smallest absolute Gasteiger partial charge is 0.132 e. The number of ether oxygens (including phenoxy) is 1. The zero-order valence-corrected chi connectivity index (χ0v) is 12.8. The molecule has 1 aromatic heterocycles. The van der Waals surface area contributed by atoms with E-state index >= 15 is 0 Å². The third-order valence-electron chi connectivity index (χ3n) is 4.65. The molecule has 3 N–H and O–H groups in total. The summed E-state index contributed by atoms with van der Waals surface area (Å²) in [6.45, 7) is 5.55. The van der Waals surface area contributed by atoms with E-state index in [0.717, 1.165) is 27.4 Å². The first-order chi connectivity index (χ1) is 10.4. The van der Waals surface area contributed by atoms with Crippen LogP contribution in [0, 0.1) is 6.92 Å². The van der Waals surface area contributed by atoms with Gasteiger partial charge in [-0.1, -0.05) is 18.2 Å². The Morgan fingerprint density at radius 3 is 2.64 bits per heavy atom. The van der Waals surface area contributed by atoms with E-state index in [2.05, 4.69) is 17.1 Å². The maximum atomic E-state index is 10.7. The molecule has 3 aromatic rings. The molecule has 0 radical (unpaired) electrons. The number of benzene rings is 2. The van der Waals surface area contributed by atoms with Gasteiger partial charge in [0.15, 0.2) is 0 Å². The molecule has 0 bridgehead atoms. The van der Waals surface area contributed by atoms with Gasteiger partial charge in [0.25, 0.3) is 0 Å². The maximum absolute atomic E-state index is 10.7. The Morgan fingerprint density at radius 2 is 1.86 bits per heavy atom. The van der Waals surface area contributed by atoms with Gasteiger partial charge in [0.1, 0.15) is 23.6 Å². The third-order valence-corrected chi connectivity index (χ3v) is 4.65. The van der Waals surface area contributed by atoms with Gasteiger partial charge in [0, 0.05) is 21.9 Å². The van der Waals surface area contributed by atoms with Gasteiger partial charge in [-0.05, 0) is 38.5 Å². The molecule has 0 spiro atoms. The average Bonchev–Trinajstić information content (AvgIpc) is 2.83. The number of para-hydroxylation sites is 1. The summed E-state index contributed by atoms with van der Waals surface area (Å²) < 4.78 is 6.01. The van der Waals surface area contributed by atoms with Gasteiger partial charge in [0.2, 0.25) is 0 Å². The van der Waals surface area contributed by atoms with Gasteiger partial charge in [-0.3, -0.25) is 0 Å². The van der Waals surface area contributed by atoms with E-state index in [1.54, 1.807) is 13.8 Å². The van der Waals surface area contributed by atoms with Crippen molar-refractivity contribution in [1.29, 1.82) is 0 Å². The standard InChI is InChI=1S/C18H19NO3/c1-9-8-11-10-6-4-5-7-12(10)19-14(11)13-15(20)17(21)18(2,3)22-16(9)13/h4-8,15,17,19-21H,1-3H3.